The average molecular weight is 534 g/mol. The van der Waals surface area contributed by atoms with Crippen molar-refractivity contribution in [3.63, 3.8) is 0 Å². The van der Waals surface area contributed by atoms with Crippen LogP contribution in [0.1, 0.15) is 18.9 Å². The molecule has 2 saturated heterocycles. The van der Waals surface area contributed by atoms with E-state index in [1.165, 1.54) is 10.3 Å². The minimum Gasteiger partial charge on any atom is -0.475 e. The quantitative estimate of drug-likeness (QED) is 0.440. The maximum Gasteiger partial charge on any atom is 0.490 e. The fourth-order valence-corrected chi connectivity index (χ4v) is 4.68. The maximum absolute atomic E-state index is 13.1. The van der Waals surface area contributed by atoms with Crippen LogP contribution in [-0.4, -0.2) is 64.4 Å². The molecule has 1 aromatic heterocycles. The lowest BCUT2D eigenvalue weighted by Crippen LogP contribution is -2.44. The van der Waals surface area contributed by atoms with E-state index in [4.69, 9.17) is 9.90 Å². The number of carbonyl (C=O) groups excluding carboxylic acids is 2. The van der Waals surface area contributed by atoms with Gasteiger partial charge in [-0.2, -0.15) is 13.2 Å². The smallest absolute Gasteiger partial charge is 0.475 e. The van der Waals surface area contributed by atoms with Crippen LogP contribution in [-0.2, 0) is 21.4 Å². The number of nitrogens with one attached hydrogen (secondary N) is 2. The number of piperidine rings is 1. The fraction of sp³-hybridized carbons (Fsp3) is 0.360. The molecule has 10 nitrogen and oxygen atoms in total. The Kier molecular flexibility index (Phi) is 7.58. The summed E-state index contributed by atoms with van der Waals surface area (Å²) in [6.45, 7) is 3.94. The normalized spacial score (nSPS) is 18.1. The van der Waals surface area contributed by atoms with Gasteiger partial charge >= 0.3 is 17.8 Å². The number of alkyl halides is 3. The Labute approximate surface area is 214 Å². The predicted octanol–water partition coefficient (Wildman–Crippen LogP) is 2.03. The van der Waals surface area contributed by atoms with Crippen LogP contribution >= 0.6 is 0 Å². The summed E-state index contributed by atoms with van der Waals surface area (Å²) in [7, 11) is 1.73. The van der Waals surface area contributed by atoms with Gasteiger partial charge in [0.2, 0.25) is 11.8 Å². The number of imidazole rings is 1. The molecular formula is C25H26F3N5O5. The van der Waals surface area contributed by atoms with Gasteiger partial charge in [0.15, 0.2) is 0 Å². The Balaban J connectivity index is 0.000000426. The number of amides is 2. The summed E-state index contributed by atoms with van der Waals surface area (Å²) in [5.74, 6) is -3.47. The molecule has 2 aliphatic rings. The number of hydrogen-bond donors (Lipinski definition) is 3. The zero-order valence-electron chi connectivity index (χ0n) is 20.4. The van der Waals surface area contributed by atoms with E-state index in [-0.39, 0.29) is 18.0 Å². The van der Waals surface area contributed by atoms with Crippen molar-refractivity contribution in [1.82, 2.24) is 19.8 Å². The maximum atomic E-state index is 13.1. The van der Waals surface area contributed by atoms with Gasteiger partial charge in [-0.1, -0.05) is 24.3 Å². The number of piperazine rings is 1. The van der Waals surface area contributed by atoms with Crippen LogP contribution in [0.25, 0.3) is 22.2 Å². The minimum atomic E-state index is -5.08. The van der Waals surface area contributed by atoms with Gasteiger partial charge in [0.1, 0.15) is 6.04 Å². The summed E-state index contributed by atoms with van der Waals surface area (Å²) < 4.78 is 34.9. The van der Waals surface area contributed by atoms with E-state index in [9.17, 15) is 27.6 Å². The van der Waals surface area contributed by atoms with Crippen molar-refractivity contribution in [3.05, 3.63) is 52.9 Å². The van der Waals surface area contributed by atoms with Gasteiger partial charge in [0.25, 0.3) is 0 Å². The van der Waals surface area contributed by atoms with Crippen molar-refractivity contribution in [2.45, 2.75) is 25.1 Å². The molecule has 1 atom stereocenters. The zero-order valence-corrected chi connectivity index (χ0v) is 20.4. The first-order valence-corrected chi connectivity index (χ1v) is 11.9. The lowest BCUT2D eigenvalue weighted by atomic mass is 10.0. The topological polar surface area (TPSA) is 126 Å². The molecule has 3 aromatic rings. The van der Waals surface area contributed by atoms with Crippen LogP contribution in [0.15, 0.2) is 47.3 Å². The Bertz CT molecular complexity index is 1420. The third-order valence-corrected chi connectivity index (χ3v) is 6.53. The molecule has 0 saturated carbocycles. The SMILES string of the molecule is Cn1c(=O)n(C2CCC(=O)NC2=O)c2cccc(-c3ccc(N4CCNCC4)cc3)c21.O=C(O)C(F)(F)F. The third-order valence-electron chi connectivity index (χ3n) is 6.53. The number of para-hydroxylation sites is 1. The number of carboxylic acids is 1. The van der Waals surface area contributed by atoms with Crippen molar-refractivity contribution in [3.8, 4) is 11.1 Å². The second-order valence-electron chi connectivity index (χ2n) is 8.94. The Morgan fingerprint density at radius 3 is 2.24 bits per heavy atom. The highest BCUT2D eigenvalue weighted by Crippen LogP contribution is 2.31. The van der Waals surface area contributed by atoms with Gasteiger partial charge < -0.3 is 15.3 Å². The average Bonchev–Trinajstić information content (AvgIpc) is 3.14. The van der Waals surface area contributed by atoms with Crippen molar-refractivity contribution >= 4 is 34.5 Å². The Hall–Kier alpha value is -4.13. The van der Waals surface area contributed by atoms with Gasteiger partial charge in [-0.25, -0.2) is 9.59 Å². The lowest BCUT2D eigenvalue weighted by molar-refractivity contribution is -0.192. The van der Waals surface area contributed by atoms with Crippen LogP contribution in [0, 0.1) is 0 Å². The molecule has 0 bridgehead atoms. The highest BCUT2D eigenvalue weighted by molar-refractivity contribution is 6.01. The molecule has 0 aliphatic carbocycles. The first kappa shape index (κ1) is 26.9. The summed E-state index contributed by atoms with van der Waals surface area (Å²) in [6, 6.07) is 13.5. The highest BCUT2D eigenvalue weighted by Gasteiger charge is 2.38. The summed E-state index contributed by atoms with van der Waals surface area (Å²) in [4.78, 5) is 48.4. The van der Waals surface area contributed by atoms with E-state index < -0.39 is 24.1 Å². The first-order chi connectivity index (χ1) is 18.0. The number of benzene rings is 2. The molecule has 202 valence electrons. The second kappa shape index (κ2) is 10.7. The summed E-state index contributed by atoms with van der Waals surface area (Å²) in [5.41, 5.74) is 4.37. The number of aromatic nitrogens is 2. The van der Waals surface area contributed by atoms with E-state index in [1.807, 2.05) is 18.2 Å². The third kappa shape index (κ3) is 5.42. The summed E-state index contributed by atoms with van der Waals surface area (Å²) in [6.07, 6.45) is -4.53. The van der Waals surface area contributed by atoms with Gasteiger partial charge in [-0.15, -0.1) is 0 Å². The molecule has 0 spiro atoms. The van der Waals surface area contributed by atoms with Crippen LogP contribution in [0.2, 0.25) is 0 Å². The van der Waals surface area contributed by atoms with Crippen LogP contribution in [0.4, 0.5) is 18.9 Å². The molecule has 3 heterocycles. The van der Waals surface area contributed by atoms with E-state index in [0.717, 1.165) is 42.8 Å². The van der Waals surface area contributed by atoms with Gasteiger partial charge in [0, 0.05) is 50.9 Å². The number of aliphatic carboxylic acids is 1. The number of carbonyl (C=O) groups is 3. The van der Waals surface area contributed by atoms with E-state index in [2.05, 4.69) is 39.8 Å². The van der Waals surface area contributed by atoms with Gasteiger partial charge in [0.05, 0.1) is 11.0 Å². The molecule has 2 aliphatic heterocycles. The number of aryl methyl sites for hydroxylation is 1. The van der Waals surface area contributed by atoms with Crippen molar-refractivity contribution in [2.75, 3.05) is 31.1 Å². The number of fused-ring (bicyclic) bond motifs is 1. The predicted molar refractivity (Wildman–Crippen MR) is 133 cm³/mol. The monoisotopic (exact) mass is 533 g/mol. The molecular weight excluding hydrogens is 507 g/mol. The highest BCUT2D eigenvalue weighted by atomic mass is 19.4. The summed E-state index contributed by atoms with van der Waals surface area (Å²) in [5, 5.41) is 12.8. The molecule has 2 fully saturated rings. The minimum absolute atomic E-state index is 0.229. The molecule has 2 aromatic carbocycles. The molecule has 5 rings (SSSR count). The van der Waals surface area contributed by atoms with Gasteiger partial charge in [-0.3, -0.25) is 24.0 Å². The number of hydrogen-bond acceptors (Lipinski definition) is 6. The number of halogens is 3. The number of anilines is 1. The Morgan fingerprint density at radius 1 is 1.03 bits per heavy atom. The number of imide groups is 1. The lowest BCUT2D eigenvalue weighted by Gasteiger charge is -2.29. The second-order valence-corrected chi connectivity index (χ2v) is 8.94. The van der Waals surface area contributed by atoms with Crippen LogP contribution < -0.4 is 21.2 Å². The molecule has 38 heavy (non-hydrogen) atoms. The van der Waals surface area contributed by atoms with Crippen LogP contribution in [0.5, 0.6) is 0 Å². The van der Waals surface area contributed by atoms with Crippen molar-refractivity contribution in [1.29, 1.82) is 0 Å². The van der Waals surface area contributed by atoms with Crippen molar-refractivity contribution in [2.24, 2.45) is 7.05 Å². The van der Waals surface area contributed by atoms with Gasteiger partial charge in [-0.05, 0) is 30.2 Å². The van der Waals surface area contributed by atoms with E-state index in [0.29, 0.717) is 11.9 Å². The number of rotatable bonds is 3. The first-order valence-electron chi connectivity index (χ1n) is 11.9. The van der Waals surface area contributed by atoms with E-state index >= 15 is 0 Å². The van der Waals surface area contributed by atoms with Crippen molar-refractivity contribution < 1.29 is 32.7 Å². The van der Waals surface area contributed by atoms with E-state index in [1.54, 1.807) is 11.6 Å². The largest absolute Gasteiger partial charge is 0.490 e. The van der Waals surface area contributed by atoms with Crippen LogP contribution in [0.3, 0.4) is 0 Å². The number of carboxylic acid groups (broad SMARTS) is 1. The standard InChI is InChI=1S/C23H25N5O3.C2HF3O2/c1-26-21-17(15-5-7-16(8-6-15)27-13-11-24-12-14-27)3-2-4-18(21)28(23(26)31)19-9-10-20(29)25-22(19)30;3-2(4,5)1(6)7/h2-8,19,24H,9-14H2,1H3,(H,25,29,30);(H,6,7). The Morgan fingerprint density at radius 2 is 1.66 bits per heavy atom. The molecule has 0 radical (unpaired) electrons. The summed E-state index contributed by atoms with van der Waals surface area (Å²) >= 11 is 0. The zero-order chi connectivity index (χ0) is 27.6. The number of nitrogens with zero attached hydrogens (tertiary/aromatic N) is 3. The fourth-order valence-electron chi connectivity index (χ4n) is 4.68. The molecule has 3 N–H and O–H groups in total. The molecule has 13 heteroatoms. The molecule has 2 amide bonds. The molecule has 1 unspecified atom stereocenters.